The number of halogens is 2. The van der Waals surface area contributed by atoms with Crippen LogP contribution < -0.4 is 5.73 Å². The van der Waals surface area contributed by atoms with Crippen LogP contribution in [0.4, 0.5) is 0 Å². The van der Waals surface area contributed by atoms with Gasteiger partial charge in [0.2, 0.25) is 0 Å². The first-order valence-corrected chi connectivity index (χ1v) is 6.85. The lowest BCUT2D eigenvalue weighted by Gasteiger charge is -2.01. The number of hydrogen-bond acceptors (Lipinski definition) is 3. The molecule has 1 unspecified atom stereocenters. The Morgan fingerprint density at radius 2 is 2.18 bits per heavy atom. The zero-order valence-electron chi connectivity index (χ0n) is 9.28. The van der Waals surface area contributed by atoms with E-state index in [1.54, 1.807) is 17.4 Å². The van der Waals surface area contributed by atoms with Crippen molar-refractivity contribution in [1.82, 2.24) is 4.98 Å². The molecule has 5 heteroatoms. The fourth-order valence-electron chi connectivity index (χ4n) is 1.52. The number of nitrogens with zero attached hydrogens (tertiary/aromatic N) is 1. The number of aromatic nitrogens is 1. The third-order valence-corrected chi connectivity index (χ3v) is 3.72. The average Bonchev–Trinajstić information content (AvgIpc) is 2.65. The van der Waals surface area contributed by atoms with Crippen molar-refractivity contribution < 1.29 is 0 Å². The number of rotatable bonds is 3. The summed E-state index contributed by atoms with van der Waals surface area (Å²) in [5.41, 5.74) is 7.66. The summed E-state index contributed by atoms with van der Waals surface area (Å²) < 4.78 is 0. The summed E-state index contributed by atoms with van der Waals surface area (Å²) >= 11 is 13.6. The highest BCUT2D eigenvalue weighted by Gasteiger charge is 2.09. The summed E-state index contributed by atoms with van der Waals surface area (Å²) in [6, 6.07) is 5.55. The first-order valence-electron chi connectivity index (χ1n) is 5.21. The van der Waals surface area contributed by atoms with E-state index >= 15 is 0 Å². The maximum absolute atomic E-state index is 6.14. The van der Waals surface area contributed by atoms with Crippen LogP contribution in [-0.4, -0.2) is 11.0 Å². The van der Waals surface area contributed by atoms with Crippen LogP contribution in [0.2, 0.25) is 10.0 Å². The van der Waals surface area contributed by atoms with E-state index in [-0.39, 0.29) is 6.04 Å². The maximum atomic E-state index is 6.14. The van der Waals surface area contributed by atoms with Crippen molar-refractivity contribution in [3.05, 3.63) is 39.3 Å². The molecule has 90 valence electrons. The SMILES string of the molecule is CC(N)Cc1csc(-c2ccc(Cl)cc2Cl)n1. The molecule has 0 radical (unpaired) electrons. The Morgan fingerprint density at radius 1 is 1.41 bits per heavy atom. The minimum absolute atomic E-state index is 0.116. The zero-order chi connectivity index (χ0) is 12.4. The molecule has 0 amide bonds. The zero-order valence-corrected chi connectivity index (χ0v) is 11.6. The second kappa shape index (κ2) is 5.36. The average molecular weight is 287 g/mol. The van der Waals surface area contributed by atoms with E-state index in [1.807, 2.05) is 24.4 Å². The summed E-state index contributed by atoms with van der Waals surface area (Å²) in [5.74, 6) is 0. The van der Waals surface area contributed by atoms with Crippen molar-refractivity contribution in [2.45, 2.75) is 19.4 Å². The Bertz CT molecular complexity index is 523. The molecule has 1 heterocycles. The molecule has 0 saturated heterocycles. The molecule has 1 aromatic heterocycles. The van der Waals surface area contributed by atoms with E-state index in [0.717, 1.165) is 22.7 Å². The first-order chi connectivity index (χ1) is 8.06. The Labute approximate surface area is 114 Å². The quantitative estimate of drug-likeness (QED) is 0.926. The Kier molecular flexibility index (Phi) is 4.05. The van der Waals surface area contributed by atoms with E-state index < -0.39 is 0 Å². The van der Waals surface area contributed by atoms with Gasteiger partial charge in [-0.1, -0.05) is 23.2 Å². The van der Waals surface area contributed by atoms with Gasteiger partial charge in [-0.15, -0.1) is 11.3 Å². The maximum Gasteiger partial charge on any atom is 0.125 e. The van der Waals surface area contributed by atoms with Gasteiger partial charge >= 0.3 is 0 Å². The van der Waals surface area contributed by atoms with Gasteiger partial charge in [0.15, 0.2) is 0 Å². The molecule has 0 aliphatic heterocycles. The van der Waals surface area contributed by atoms with Crippen LogP contribution in [0.15, 0.2) is 23.6 Å². The molecule has 0 saturated carbocycles. The third-order valence-electron chi connectivity index (χ3n) is 2.24. The Morgan fingerprint density at radius 3 is 2.82 bits per heavy atom. The van der Waals surface area contributed by atoms with Gasteiger partial charge in [0.25, 0.3) is 0 Å². The molecule has 1 aromatic carbocycles. The normalized spacial score (nSPS) is 12.7. The lowest BCUT2D eigenvalue weighted by atomic mass is 10.2. The molecule has 1 atom stereocenters. The molecule has 0 bridgehead atoms. The Balaban J connectivity index is 2.30. The van der Waals surface area contributed by atoms with Gasteiger partial charge in [0.05, 0.1) is 10.7 Å². The summed E-state index contributed by atoms with van der Waals surface area (Å²) in [6.45, 7) is 1.97. The van der Waals surface area contributed by atoms with Crippen molar-refractivity contribution in [2.75, 3.05) is 0 Å². The molecule has 17 heavy (non-hydrogen) atoms. The molecule has 2 nitrogen and oxygen atoms in total. The van der Waals surface area contributed by atoms with E-state index in [9.17, 15) is 0 Å². The van der Waals surface area contributed by atoms with Gasteiger partial charge in [-0.25, -0.2) is 4.98 Å². The molecule has 2 aromatic rings. The summed E-state index contributed by atoms with van der Waals surface area (Å²) in [7, 11) is 0. The van der Waals surface area contributed by atoms with Gasteiger partial charge in [-0.2, -0.15) is 0 Å². The smallest absolute Gasteiger partial charge is 0.125 e. The van der Waals surface area contributed by atoms with Crippen molar-refractivity contribution in [3.8, 4) is 10.6 Å². The van der Waals surface area contributed by atoms with Crippen LogP contribution in [-0.2, 0) is 6.42 Å². The van der Waals surface area contributed by atoms with Gasteiger partial charge in [0.1, 0.15) is 5.01 Å². The number of nitrogens with two attached hydrogens (primary N) is 1. The topological polar surface area (TPSA) is 38.9 Å². The summed E-state index contributed by atoms with van der Waals surface area (Å²) in [5, 5.41) is 4.18. The highest BCUT2D eigenvalue weighted by molar-refractivity contribution is 7.13. The number of hydrogen-bond donors (Lipinski definition) is 1. The van der Waals surface area contributed by atoms with Crippen molar-refractivity contribution in [3.63, 3.8) is 0 Å². The molecule has 0 fully saturated rings. The van der Waals surface area contributed by atoms with Crippen LogP contribution in [0.3, 0.4) is 0 Å². The van der Waals surface area contributed by atoms with Crippen molar-refractivity contribution in [1.29, 1.82) is 0 Å². The molecule has 0 spiro atoms. The molecule has 2 rings (SSSR count). The molecule has 0 aliphatic rings. The van der Waals surface area contributed by atoms with Crippen molar-refractivity contribution >= 4 is 34.5 Å². The molecular formula is C12H12Cl2N2S. The highest BCUT2D eigenvalue weighted by atomic mass is 35.5. The minimum atomic E-state index is 0.116. The minimum Gasteiger partial charge on any atom is -0.328 e. The van der Waals surface area contributed by atoms with Gasteiger partial charge < -0.3 is 5.73 Å². The van der Waals surface area contributed by atoms with E-state index in [0.29, 0.717) is 10.0 Å². The van der Waals surface area contributed by atoms with Gasteiger partial charge in [0, 0.05) is 28.4 Å². The Hall–Kier alpha value is -0.610. The van der Waals surface area contributed by atoms with Gasteiger partial charge in [-0.05, 0) is 25.1 Å². The fourth-order valence-corrected chi connectivity index (χ4v) is 2.94. The van der Waals surface area contributed by atoms with E-state index in [1.165, 1.54) is 0 Å². The van der Waals surface area contributed by atoms with Crippen LogP contribution in [0, 0.1) is 0 Å². The second-order valence-electron chi connectivity index (χ2n) is 3.95. The lowest BCUT2D eigenvalue weighted by Crippen LogP contribution is -2.17. The first kappa shape index (κ1) is 12.8. The van der Waals surface area contributed by atoms with E-state index in [4.69, 9.17) is 28.9 Å². The molecular weight excluding hydrogens is 275 g/mol. The van der Waals surface area contributed by atoms with E-state index in [2.05, 4.69) is 4.98 Å². The summed E-state index contributed by atoms with van der Waals surface area (Å²) in [6.07, 6.45) is 0.779. The van der Waals surface area contributed by atoms with Crippen LogP contribution in [0.25, 0.3) is 10.6 Å². The standard InChI is InChI=1S/C12H12Cl2N2S/c1-7(15)4-9-6-17-12(16-9)10-3-2-8(13)5-11(10)14/h2-3,5-7H,4,15H2,1H3. The van der Waals surface area contributed by atoms with Crippen LogP contribution in [0.5, 0.6) is 0 Å². The van der Waals surface area contributed by atoms with Gasteiger partial charge in [-0.3, -0.25) is 0 Å². The predicted octanol–water partition coefficient (Wildman–Crippen LogP) is 4.01. The van der Waals surface area contributed by atoms with Crippen LogP contribution >= 0.6 is 34.5 Å². The second-order valence-corrected chi connectivity index (χ2v) is 5.65. The predicted molar refractivity (Wildman–Crippen MR) is 74.9 cm³/mol. The number of thiazole rings is 1. The van der Waals surface area contributed by atoms with Crippen molar-refractivity contribution in [2.24, 2.45) is 5.73 Å². The monoisotopic (exact) mass is 286 g/mol. The lowest BCUT2D eigenvalue weighted by molar-refractivity contribution is 0.726. The molecule has 2 N–H and O–H groups in total. The summed E-state index contributed by atoms with van der Waals surface area (Å²) in [4.78, 5) is 4.52. The fraction of sp³-hybridized carbons (Fsp3) is 0.250. The molecule has 0 aliphatic carbocycles. The highest BCUT2D eigenvalue weighted by Crippen LogP contribution is 2.32. The van der Waals surface area contributed by atoms with Crippen LogP contribution in [0.1, 0.15) is 12.6 Å². The largest absolute Gasteiger partial charge is 0.328 e. The third kappa shape index (κ3) is 3.19. The number of benzene rings is 1.